The minimum atomic E-state index is -0.803. The molecule has 6 heteroatoms. The molecular weight excluding hydrogens is 428 g/mol. The third-order valence-electron chi connectivity index (χ3n) is 2.71. The molecule has 0 aromatic heterocycles. The first kappa shape index (κ1) is 19.4. The molecular formula is C17H16Br2O4. The average molecular weight is 444 g/mol. The molecule has 0 saturated carbocycles. The highest BCUT2D eigenvalue weighted by atomic mass is 79.9. The Labute approximate surface area is 151 Å². The van der Waals surface area contributed by atoms with Crippen molar-refractivity contribution in [2.24, 2.45) is 0 Å². The van der Waals surface area contributed by atoms with Crippen LogP contribution in [-0.4, -0.2) is 24.2 Å². The summed E-state index contributed by atoms with van der Waals surface area (Å²) in [4.78, 5) is 21.1. The van der Waals surface area contributed by atoms with Gasteiger partial charge in [0, 0.05) is 8.95 Å². The van der Waals surface area contributed by atoms with E-state index in [2.05, 4.69) is 36.6 Å². The number of carbonyl (C=O) groups is 2. The summed E-state index contributed by atoms with van der Waals surface area (Å²) in [6.45, 7) is 0. The fraction of sp³-hybridized carbons (Fsp3) is 0.176. The molecule has 0 radical (unpaired) electrons. The summed E-state index contributed by atoms with van der Waals surface area (Å²) < 4.78 is 6.43. The van der Waals surface area contributed by atoms with Crippen molar-refractivity contribution in [3.8, 4) is 0 Å². The molecule has 122 valence electrons. The van der Waals surface area contributed by atoms with Gasteiger partial charge in [-0.15, -0.1) is 0 Å². The number of rotatable bonds is 4. The second kappa shape index (κ2) is 10.2. The standard InChI is InChI=1S/C9H9BrO2.C8H7BrO2/c1-12-9(11)6-7-3-2-4-8(10)5-7;9-7-3-1-2-6(4-7)5-8(10)11/h2-5H,6H2,1H3;1-4H,5H2,(H,10,11). The number of carboxylic acids is 1. The van der Waals surface area contributed by atoms with E-state index in [9.17, 15) is 9.59 Å². The first-order chi connectivity index (χ1) is 10.9. The van der Waals surface area contributed by atoms with Crippen molar-refractivity contribution in [2.75, 3.05) is 7.11 Å². The van der Waals surface area contributed by atoms with Gasteiger partial charge in [-0.05, 0) is 35.4 Å². The van der Waals surface area contributed by atoms with Gasteiger partial charge in [0.1, 0.15) is 0 Å². The zero-order valence-corrected chi connectivity index (χ0v) is 15.6. The number of carbonyl (C=O) groups excluding carboxylic acids is 1. The van der Waals surface area contributed by atoms with E-state index in [0.717, 1.165) is 20.1 Å². The largest absolute Gasteiger partial charge is 0.481 e. The van der Waals surface area contributed by atoms with E-state index >= 15 is 0 Å². The van der Waals surface area contributed by atoms with Crippen LogP contribution in [0.5, 0.6) is 0 Å². The van der Waals surface area contributed by atoms with Gasteiger partial charge in [0.2, 0.25) is 0 Å². The summed E-state index contributed by atoms with van der Waals surface area (Å²) >= 11 is 6.58. The van der Waals surface area contributed by atoms with Gasteiger partial charge in [0.15, 0.2) is 0 Å². The second-order valence-corrected chi connectivity index (χ2v) is 6.41. The molecule has 2 aromatic carbocycles. The first-order valence-electron chi connectivity index (χ1n) is 6.68. The minimum Gasteiger partial charge on any atom is -0.481 e. The van der Waals surface area contributed by atoms with Crippen molar-refractivity contribution in [3.05, 3.63) is 68.6 Å². The maximum Gasteiger partial charge on any atom is 0.309 e. The molecule has 0 atom stereocenters. The van der Waals surface area contributed by atoms with Crippen LogP contribution in [0.2, 0.25) is 0 Å². The van der Waals surface area contributed by atoms with Crippen LogP contribution in [0.1, 0.15) is 11.1 Å². The van der Waals surface area contributed by atoms with Gasteiger partial charge in [0.25, 0.3) is 0 Å². The summed E-state index contributed by atoms with van der Waals surface area (Å²) in [5, 5.41) is 8.44. The summed E-state index contributed by atoms with van der Waals surface area (Å²) in [5.41, 5.74) is 1.77. The number of aliphatic carboxylic acids is 1. The molecule has 23 heavy (non-hydrogen) atoms. The van der Waals surface area contributed by atoms with E-state index in [0.29, 0.717) is 6.42 Å². The van der Waals surface area contributed by atoms with Gasteiger partial charge >= 0.3 is 11.9 Å². The van der Waals surface area contributed by atoms with Gasteiger partial charge in [-0.3, -0.25) is 9.59 Å². The highest BCUT2D eigenvalue weighted by Crippen LogP contribution is 2.12. The third-order valence-corrected chi connectivity index (χ3v) is 3.70. The van der Waals surface area contributed by atoms with Gasteiger partial charge in [-0.1, -0.05) is 56.1 Å². The topological polar surface area (TPSA) is 63.6 Å². The molecule has 0 spiro atoms. The van der Waals surface area contributed by atoms with Gasteiger partial charge in [0.05, 0.1) is 20.0 Å². The van der Waals surface area contributed by atoms with E-state index in [4.69, 9.17) is 5.11 Å². The molecule has 0 bridgehead atoms. The Kier molecular flexibility index (Phi) is 8.58. The maximum atomic E-state index is 10.9. The molecule has 0 aliphatic rings. The van der Waals surface area contributed by atoms with Crippen LogP contribution in [0, 0.1) is 0 Å². The lowest BCUT2D eigenvalue weighted by Gasteiger charge is -1.99. The molecule has 2 rings (SSSR count). The third kappa shape index (κ3) is 8.52. The van der Waals surface area contributed by atoms with E-state index in [1.807, 2.05) is 36.4 Å². The molecule has 2 aromatic rings. The monoisotopic (exact) mass is 442 g/mol. The zero-order valence-electron chi connectivity index (χ0n) is 12.5. The molecule has 1 N–H and O–H groups in total. The van der Waals surface area contributed by atoms with Crippen LogP contribution in [-0.2, 0) is 27.2 Å². The van der Waals surface area contributed by atoms with Crippen LogP contribution in [0.3, 0.4) is 0 Å². The van der Waals surface area contributed by atoms with Crippen molar-refractivity contribution in [1.82, 2.24) is 0 Å². The molecule has 0 fully saturated rings. The summed E-state index contributed by atoms with van der Waals surface area (Å²) in [6, 6.07) is 14.9. The van der Waals surface area contributed by atoms with Gasteiger partial charge < -0.3 is 9.84 Å². The quantitative estimate of drug-likeness (QED) is 0.717. The number of carboxylic acid groups (broad SMARTS) is 1. The van der Waals surface area contributed by atoms with Crippen molar-refractivity contribution in [2.45, 2.75) is 12.8 Å². The van der Waals surface area contributed by atoms with Crippen LogP contribution in [0.25, 0.3) is 0 Å². The molecule has 0 heterocycles. The number of hydrogen-bond donors (Lipinski definition) is 1. The molecule has 0 unspecified atom stereocenters. The highest BCUT2D eigenvalue weighted by molar-refractivity contribution is 9.10. The van der Waals surface area contributed by atoms with Crippen molar-refractivity contribution in [1.29, 1.82) is 0 Å². The molecule has 4 nitrogen and oxygen atoms in total. The number of benzene rings is 2. The Morgan fingerprint density at radius 2 is 1.43 bits per heavy atom. The minimum absolute atomic E-state index is 0.0828. The fourth-order valence-corrected chi connectivity index (χ4v) is 2.60. The highest BCUT2D eigenvalue weighted by Gasteiger charge is 2.01. The van der Waals surface area contributed by atoms with E-state index in [-0.39, 0.29) is 12.4 Å². The number of ether oxygens (including phenoxy) is 1. The SMILES string of the molecule is COC(=O)Cc1cccc(Br)c1.O=C(O)Cc1cccc(Br)c1. The Hall–Kier alpha value is -1.66. The lowest BCUT2D eigenvalue weighted by molar-refractivity contribution is -0.140. The summed E-state index contributed by atoms with van der Waals surface area (Å²) in [5.74, 6) is -1.02. The molecule has 0 aliphatic heterocycles. The predicted molar refractivity (Wildman–Crippen MR) is 95.3 cm³/mol. The normalized spacial score (nSPS) is 9.52. The number of esters is 1. The fourth-order valence-electron chi connectivity index (χ4n) is 1.71. The molecule has 0 aliphatic carbocycles. The number of hydrogen-bond acceptors (Lipinski definition) is 3. The van der Waals surface area contributed by atoms with Gasteiger partial charge in [-0.2, -0.15) is 0 Å². The smallest absolute Gasteiger partial charge is 0.309 e. The zero-order chi connectivity index (χ0) is 17.2. The van der Waals surface area contributed by atoms with Crippen LogP contribution in [0.4, 0.5) is 0 Å². The van der Waals surface area contributed by atoms with Gasteiger partial charge in [-0.25, -0.2) is 0 Å². The Morgan fingerprint density at radius 1 is 0.957 bits per heavy atom. The van der Waals surface area contributed by atoms with Crippen LogP contribution >= 0.6 is 31.9 Å². The predicted octanol–water partition coefficient (Wildman–Crippen LogP) is 4.24. The average Bonchev–Trinajstić information content (AvgIpc) is 2.47. The van der Waals surface area contributed by atoms with E-state index in [1.54, 1.807) is 12.1 Å². The summed E-state index contributed by atoms with van der Waals surface area (Å²) in [7, 11) is 1.39. The number of halogens is 2. The van der Waals surface area contributed by atoms with Crippen LogP contribution in [0.15, 0.2) is 57.5 Å². The van der Waals surface area contributed by atoms with Crippen molar-refractivity contribution in [3.63, 3.8) is 0 Å². The lowest BCUT2D eigenvalue weighted by Crippen LogP contribution is -2.03. The second-order valence-electron chi connectivity index (χ2n) is 4.58. The Morgan fingerprint density at radius 3 is 1.83 bits per heavy atom. The Bertz CT molecular complexity index is 671. The summed E-state index contributed by atoms with van der Waals surface area (Å²) in [6.07, 6.45) is 0.412. The van der Waals surface area contributed by atoms with E-state index < -0.39 is 5.97 Å². The Balaban J connectivity index is 0.000000231. The lowest BCUT2D eigenvalue weighted by atomic mass is 10.2. The number of methoxy groups -OCH3 is 1. The van der Waals surface area contributed by atoms with Crippen molar-refractivity contribution < 1.29 is 19.4 Å². The van der Waals surface area contributed by atoms with Crippen molar-refractivity contribution >= 4 is 43.8 Å². The first-order valence-corrected chi connectivity index (χ1v) is 8.27. The van der Waals surface area contributed by atoms with E-state index in [1.165, 1.54) is 7.11 Å². The molecule has 0 saturated heterocycles. The van der Waals surface area contributed by atoms with Crippen LogP contribution < -0.4 is 0 Å². The maximum absolute atomic E-state index is 10.9. The molecule has 0 amide bonds.